The highest BCUT2D eigenvalue weighted by atomic mass is 35.5. The van der Waals surface area contributed by atoms with E-state index in [4.69, 9.17) is 16.3 Å². The van der Waals surface area contributed by atoms with Gasteiger partial charge in [-0.05, 0) is 68.8 Å². The lowest BCUT2D eigenvalue weighted by Gasteiger charge is -2.26. The molecule has 1 N–H and O–H groups in total. The van der Waals surface area contributed by atoms with Crippen LogP contribution >= 0.6 is 11.6 Å². The lowest BCUT2D eigenvalue weighted by atomic mass is 9.95. The molecule has 4 rings (SSSR count). The molecule has 1 saturated heterocycles. The van der Waals surface area contributed by atoms with E-state index >= 15 is 0 Å². The van der Waals surface area contributed by atoms with Crippen molar-refractivity contribution in [2.24, 2.45) is 0 Å². The summed E-state index contributed by atoms with van der Waals surface area (Å²) < 4.78 is 5.56. The smallest absolute Gasteiger partial charge is 0.296 e. The van der Waals surface area contributed by atoms with E-state index in [0.717, 1.165) is 18.8 Å². The number of likely N-dealkylation sites (tertiary alicyclic amines) is 1. The molecule has 1 fully saturated rings. The number of aliphatic hydroxyl groups is 1. The number of carbonyl (C=O) groups is 2. The quantitative estimate of drug-likeness (QED) is 0.225. The normalized spacial score (nSPS) is 16.8. The van der Waals surface area contributed by atoms with Gasteiger partial charge in [-0.15, -0.1) is 0 Å². The molecule has 0 bridgehead atoms. The van der Waals surface area contributed by atoms with Crippen LogP contribution in [0.2, 0.25) is 5.02 Å². The summed E-state index contributed by atoms with van der Waals surface area (Å²) in [5.74, 6) is -1.33. The fraction of sp³-hybridized carbons (Fsp3) is 0.276. The second kappa shape index (κ2) is 11.5. The second-order valence-corrected chi connectivity index (χ2v) is 8.99. The van der Waals surface area contributed by atoms with Gasteiger partial charge in [-0.1, -0.05) is 29.8 Å². The van der Waals surface area contributed by atoms with Gasteiger partial charge in [0.1, 0.15) is 11.5 Å². The van der Waals surface area contributed by atoms with Crippen LogP contribution in [0, 0.1) is 0 Å². The van der Waals surface area contributed by atoms with Crippen molar-refractivity contribution in [2.75, 3.05) is 24.6 Å². The minimum Gasteiger partial charge on any atom is -0.507 e. The zero-order valence-corrected chi connectivity index (χ0v) is 21.9. The Balaban J connectivity index is 1.86. The molecule has 0 spiro atoms. The summed E-state index contributed by atoms with van der Waals surface area (Å²) in [4.78, 5) is 34.7. The van der Waals surface area contributed by atoms with E-state index in [1.165, 1.54) is 4.90 Å². The fourth-order valence-corrected chi connectivity index (χ4v) is 4.81. The number of hydrogen-bond acceptors (Lipinski definition) is 6. The second-order valence-electron chi connectivity index (χ2n) is 8.59. The molecule has 1 aliphatic heterocycles. The maximum atomic E-state index is 13.4. The van der Waals surface area contributed by atoms with Crippen molar-refractivity contribution in [3.63, 3.8) is 0 Å². The summed E-state index contributed by atoms with van der Waals surface area (Å²) in [5.41, 5.74) is 2.57. The molecular weight excluding hydrogens is 490 g/mol. The Kier molecular flexibility index (Phi) is 8.14. The van der Waals surface area contributed by atoms with Crippen LogP contribution in [0.4, 0.5) is 5.69 Å². The summed E-state index contributed by atoms with van der Waals surface area (Å²) in [6.45, 7) is 8.25. The van der Waals surface area contributed by atoms with Gasteiger partial charge in [0, 0.05) is 30.5 Å². The lowest BCUT2D eigenvalue weighted by molar-refractivity contribution is -0.140. The van der Waals surface area contributed by atoms with Gasteiger partial charge in [-0.25, -0.2) is 0 Å². The van der Waals surface area contributed by atoms with Crippen molar-refractivity contribution in [3.05, 3.63) is 94.3 Å². The van der Waals surface area contributed by atoms with E-state index in [1.807, 2.05) is 37.3 Å². The number of rotatable bonds is 9. The molecule has 2 heterocycles. The molecule has 2 aromatic carbocycles. The summed E-state index contributed by atoms with van der Waals surface area (Å²) >= 11 is 6.43. The van der Waals surface area contributed by atoms with Crippen LogP contribution in [-0.4, -0.2) is 46.4 Å². The standard InChI is InChI=1S/C29H30ClN3O4/c1-4-32(5-2)21-12-10-19(11-13-21)26-25(27(34)23-17-22(37-6-3)14-15-24(23)30)28(35)29(36)33(26)18-20-9-7-8-16-31-20/h7-17,26,34H,4-6,18H2,1-3H3/b27-25+. The molecule has 8 heteroatoms. The number of ketones is 1. The van der Waals surface area contributed by atoms with Crippen LogP contribution in [0.25, 0.3) is 5.76 Å². The highest BCUT2D eigenvalue weighted by Crippen LogP contribution is 2.42. The maximum Gasteiger partial charge on any atom is 0.296 e. The molecule has 1 aromatic heterocycles. The lowest BCUT2D eigenvalue weighted by Crippen LogP contribution is -2.29. The zero-order chi connectivity index (χ0) is 26.5. The Morgan fingerprint density at radius 3 is 2.41 bits per heavy atom. The molecule has 3 aromatic rings. The molecule has 1 amide bonds. The number of Topliss-reactive ketones (excluding diaryl/α,β-unsaturated/α-hetero) is 1. The highest BCUT2D eigenvalue weighted by Gasteiger charge is 2.46. The van der Waals surface area contributed by atoms with E-state index < -0.39 is 17.7 Å². The molecule has 7 nitrogen and oxygen atoms in total. The number of halogens is 1. The van der Waals surface area contributed by atoms with Crippen molar-refractivity contribution in [1.82, 2.24) is 9.88 Å². The van der Waals surface area contributed by atoms with Crippen LogP contribution in [-0.2, 0) is 16.1 Å². The van der Waals surface area contributed by atoms with Gasteiger partial charge in [0.25, 0.3) is 11.7 Å². The molecule has 192 valence electrons. The number of anilines is 1. The van der Waals surface area contributed by atoms with Gasteiger partial charge in [0.05, 0.1) is 35.5 Å². The molecule has 1 unspecified atom stereocenters. The molecule has 0 radical (unpaired) electrons. The van der Waals surface area contributed by atoms with E-state index in [2.05, 4.69) is 23.7 Å². The fourth-order valence-electron chi connectivity index (χ4n) is 4.60. The number of amides is 1. The molecule has 37 heavy (non-hydrogen) atoms. The number of pyridine rings is 1. The number of aromatic nitrogens is 1. The van der Waals surface area contributed by atoms with Gasteiger partial charge < -0.3 is 19.6 Å². The zero-order valence-electron chi connectivity index (χ0n) is 21.1. The van der Waals surface area contributed by atoms with Crippen LogP contribution in [0.15, 0.2) is 72.4 Å². The van der Waals surface area contributed by atoms with E-state index in [-0.39, 0.29) is 28.5 Å². The summed E-state index contributed by atoms with van der Waals surface area (Å²) in [6.07, 6.45) is 1.64. The van der Waals surface area contributed by atoms with E-state index in [1.54, 1.807) is 36.5 Å². The molecule has 0 aliphatic carbocycles. The number of nitrogens with zero attached hydrogens (tertiary/aromatic N) is 3. The minimum atomic E-state index is -0.820. The van der Waals surface area contributed by atoms with Gasteiger partial charge >= 0.3 is 0 Å². The highest BCUT2D eigenvalue weighted by molar-refractivity contribution is 6.47. The number of carbonyl (C=O) groups excluding carboxylic acids is 2. The van der Waals surface area contributed by atoms with Crippen LogP contribution in [0.1, 0.15) is 43.6 Å². The number of aliphatic hydroxyl groups excluding tert-OH is 1. The summed E-state index contributed by atoms with van der Waals surface area (Å²) in [7, 11) is 0. The molecular formula is C29H30ClN3O4. The Labute approximate surface area is 222 Å². The van der Waals surface area contributed by atoms with Crippen molar-refractivity contribution in [2.45, 2.75) is 33.4 Å². The van der Waals surface area contributed by atoms with Gasteiger partial charge in [-0.2, -0.15) is 0 Å². The third kappa shape index (κ3) is 5.32. The topological polar surface area (TPSA) is 83.0 Å². The van der Waals surface area contributed by atoms with Crippen molar-refractivity contribution >= 4 is 34.7 Å². The Morgan fingerprint density at radius 2 is 1.78 bits per heavy atom. The predicted molar refractivity (Wildman–Crippen MR) is 145 cm³/mol. The Morgan fingerprint density at radius 1 is 1.05 bits per heavy atom. The number of ether oxygens (including phenoxy) is 1. The van der Waals surface area contributed by atoms with Crippen molar-refractivity contribution in [3.8, 4) is 5.75 Å². The third-order valence-electron chi connectivity index (χ3n) is 6.44. The largest absolute Gasteiger partial charge is 0.507 e. The maximum absolute atomic E-state index is 13.4. The number of hydrogen-bond donors (Lipinski definition) is 1. The Hall–Kier alpha value is -3.84. The third-order valence-corrected chi connectivity index (χ3v) is 6.77. The minimum absolute atomic E-state index is 0.0212. The first-order valence-electron chi connectivity index (χ1n) is 12.3. The average Bonchev–Trinajstić information content (AvgIpc) is 3.16. The number of benzene rings is 2. The summed E-state index contributed by atoms with van der Waals surface area (Å²) in [6, 6.07) is 17.2. The predicted octanol–water partition coefficient (Wildman–Crippen LogP) is 5.60. The first-order chi connectivity index (χ1) is 17.9. The van der Waals surface area contributed by atoms with Crippen LogP contribution in [0.5, 0.6) is 5.75 Å². The molecule has 0 saturated carbocycles. The first kappa shape index (κ1) is 26.2. The monoisotopic (exact) mass is 519 g/mol. The molecule has 1 aliphatic rings. The van der Waals surface area contributed by atoms with E-state index in [0.29, 0.717) is 23.6 Å². The van der Waals surface area contributed by atoms with Crippen molar-refractivity contribution in [1.29, 1.82) is 0 Å². The van der Waals surface area contributed by atoms with E-state index in [9.17, 15) is 14.7 Å². The van der Waals surface area contributed by atoms with Gasteiger partial charge in [0.15, 0.2) is 0 Å². The van der Waals surface area contributed by atoms with Gasteiger partial charge in [0.2, 0.25) is 0 Å². The van der Waals surface area contributed by atoms with Crippen molar-refractivity contribution < 1.29 is 19.4 Å². The SMILES string of the molecule is CCOc1ccc(Cl)c(/C(O)=C2\C(=O)C(=O)N(Cc3ccccn3)C2c2ccc(N(CC)CC)cc2)c1. The average molecular weight is 520 g/mol. The molecule has 1 atom stereocenters. The summed E-state index contributed by atoms with van der Waals surface area (Å²) in [5, 5.41) is 11.7. The van der Waals surface area contributed by atoms with Crippen LogP contribution < -0.4 is 9.64 Å². The van der Waals surface area contributed by atoms with Gasteiger partial charge in [-0.3, -0.25) is 14.6 Å². The van der Waals surface area contributed by atoms with Crippen LogP contribution in [0.3, 0.4) is 0 Å². The first-order valence-corrected chi connectivity index (χ1v) is 12.7. The Bertz CT molecular complexity index is 1300.